The third-order valence-electron chi connectivity index (χ3n) is 17.1. The number of ether oxygens (including phenoxy) is 2. The lowest BCUT2D eigenvalue weighted by molar-refractivity contribution is -0.176. The van der Waals surface area contributed by atoms with Crippen molar-refractivity contribution in [3.05, 3.63) is 84.1 Å². The van der Waals surface area contributed by atoms with Crippen molar-refractivity contribution in [2.75, 3.05) is 72.5 Å². The molecule has 0 saturated carbocycles. The second kappa shape index (κ2) is 30.3. The van der Waals surface area contributed by atoms with Crippen molar-refractivity contribution < 1.29 is 57.7 Å². The number of benzene rings is 2. The fourth-order valence-corrected chi connectivity index (χ4v) is 11.3. The monoisotopic (exact) mass is 1190 g/mol. The molecular formula is C64H92N10O12. The van der Waals surface area contributed by atoms with E-state index in [1.165, 1.54) is 63.7 Å². The average Bonchev–Trinajstić information content (AvgIpc) is 2.47. The molecule has 3 aliphatic rings. The van der Waals surface area contributed by atoms with Crippen molar-refractivity contribution in [3.63, 3.8) is 0 Å². The number of hydrogen-bond acceptors (Lipinski definition) is 14. The van der Waals surface area contributed by atoms with Crippen LogP contribution >= 0.6 is 0 Å². The molecule has 0 aliphatic carbocycles. The highest BCUT2D eigenvalue weighted by atomic mass is 16.6. The quantitative estimate of drug-likeness (QED) is 0.178. The van der Waals surface area contributed by atoms with Gasteiger partial charge < -0.3 is 59.9 Å². The Kier molecular flexibility index (Phi) is 23.8. The molecule has 3 aromatic rings. The molecule has 2 aromatic carbocycles. The molecule has 6 rings (SSSR count). The number of morpholine rings is 1. The van der Waals surface area contributed by atoms with Crippen molar-refractivity contribution >= 4 is 59.0 Å². The Hall–Kier alpha value is -7.46. The number of cyclic esters (lactones) is 1. The predicted molar refractivity (Wildman–Crippen MR) is 325 cm³/mol. The van der Waals surface area contributed by atoms with Crippen LogP contribution in [0.2, 0.25) is 0 Å². The first-order chi connectivity index (χ1) is 40.7. The van der Waals surface area contributed by atoms with Crippen LogP contribution < -0.4 is 20.9 Å². The van der Waals surface area contributed by atoms with Gasteiger partial charge >= 0.3 is 5.97 Å². The van der Waals surface area contributed by atoms with Gasteiger partial charge in [0.2, 0.25) is 41.4 Å². The molecule has 1 aromatic heterocycles. The van der Waals surface area contributed by atoms with E-state index in [1.54, 1.807) is 51.2 Å². The molecule has 8 unspecified atom stereocenters. The number of hydrogen-bond donors (Lipinski definition) is 4. The van der Waals surface area contributed by atoms with E-state index >= 15 is 9.59 Å². The molecule has 8 amide bonds. The van der Waals surface area contributed by atoms with Gasteiger partial charge in [-0.2, -0.15) is 0 Å². The molecule has 22 nitrogen and oxygen atoms in total. The molecule has 22 heteroatoms. The summed E-state index contributed by atoms with van der Waals surface area (Å²) in [4.78, 5) is 146. The van der Waals surface area contributed by atoms with Crippen LogP contribution in [0, 0.1) is 17.8 Å². The molecule has 0 bridgehead atoms. The van der Waals surface area contributed by atoms with Gasteiger partial charge in [-0.15, -0.1) is 0 Å². The zero-order valence-corrected chi connectivity index (χ0v) is 52.5. The topological polar surface area (TPSA) is 261 Å². The number of carbonyl (C=O) groups excluding carboxylic acids is 9. The van der Waals surface area contributed by atoms with Gasteiger partial charge in [0.15, 0.2) is 12.1 Å². The minimum absolute atomic E-state index is 0.0233. The van der Waals surface area contributed by atoms with E-state index in [0.717, 1.165) is 26.7 Å². The van der Waals surface area contributed by atoms with Gasteiger partial charge in [-0.05, 0) is 87.1 Å². The van der Waals surface area contributed by atoms with Crippen molar-refractivity contribution in [2.45, 2.75) is 161 Å². The molecule has 3 fully saturated rings. The summed E-state index contributed by atoms with van der Waals surface area (Å²) < 4.78 is 11.5. The van der Waals surface area contributed by atoms with Crippen LogP contribution in [0.4, 0.5) is 5.82 Å². The zero-order chi connectivity index (χ0) is 63.3. The summed E-state index contributed by atoms with van der Waals surface area (Å²) in [6, 6.07) is 11.5. The van der Waals surface area contributed by atoms with E-state index in [4.69, 9.17) is 14.5 Å². The lowest BCUT2D eigenvalue weighted by atomic mass is 9.94. The zero-order valence-electron chi connectivity index (χ0n) is 52.5. The van der Waals surface area contributed by atoms with Crippen molar-refractivity contribution in [1.82, 2.24) is 45.4 Å². The van der Waals surface area contributed by atoms with Crippen molar-refractivity contribution in [2.24, 2.45) is 17.8 Å². The maximum absolute atomic E-state index is 15.6. The Bertz CT molecular complexity index is 2860. The highest BCUT2D eigenvalue weighted by Gasteiger charge is 2.47. The molecule has 470 valence electrons. The number of carbonyl (C=O) groups is 9. The third-order valence-corrected chi connectivity index (χ3v) is 17.1. The second-order valence-electron chi connectivity index (χ2n) is 24.5. The fourth-order valence-electron chi connectivity index (χ4n) is 11.3. The summed E-state index contributed by atoms with van der Waals surface area (Å²) >= 11 is 0. The lowest BCUT2D eigenvalue weighted by Gasteiger charge is -2.38. The predicted octanol–water partition coefficient (Wildman–Crippen LogP) is 3.61. The van der Waals surface area contributed by atoms with Gasteiger partial charge in [0, 0.05) is 78.3 Å². The smallest absolute Gasteiger partial charge is 0.332 e. The van der Waals surface area contributed by atoms with Gasteiger partial charge in [-0.25, -0.2) is 9.78 Å². The van der Waals surface area contributed by atoms with E-state index in [1.807, 2.05) is 63.2 Å². The molecule has 4 N–H and O–H groups in total. The largest absolute Gasteiger partial charge is 0.450 e. The Labute approximate surface area is 507 Å². The first-order valence-corrected chi connectivity index (χ1v) is 30.3. The van der Waals surface area contributed by atoms with Gasteiger partial charge in [0.1, 0.15) is 42.1 Å². The van der Waals surface area contributed by atoms with E-state index in [9.17, 15) is 38.7 Å². The van der Waals surface area contributed by atoms with Crippen molar-refractivity contribution in [1.29, 1.82) is 0 Å². The van der Waals surface area contributed by atoms with Crippen LogP contribution in [-0.4, -0.2) is 209 Å². The number of pyridine rings is 1. The number of nitrogens with zero attached hydrogens (tertiary/aromatic N) is 7. The summed E-state index contributed by atoms with van der Waals surface area (Å²) in [5, 5.41) is 20.2. The number of amides is 8. The highest BCUT2D eigenvalue weighted by molar-refractivity contribution is 5.98. The van der Waals surface area contributed by atoms with Crippen LogP contribution in [0.1, 0.15) is 106 Å². The molecule has 3 aliphatic heterocycles. The summed E-state index contributed by atoms with van der Waals surface area (Å²) in [6.07, 6.45) is 1.73. The van der Waals surface area contributed by atoms with E-state index in [-0.39, 0.29) is 38.1 Å². The number of anilines is 1. The number of nitrogens with one attached hydrogen (secondary N) is 3. The fraction of sp³-hybridized carbons (Fsp3) is 0.594. The highest BCUT2D eigenvalue weighted by Crippen LogP contribution is 2.28. The first kappa shape index (κ1) is 67.7. The third kappa shape index (κ3) is 16.9. The van der Waals surface area contributed by atoms with Gasteiger partial charge in [-0.3, -0.25) is 38.4 Å². The van der Waals surface area contributed by atoms with Crippen LogP contribution in [0.3, 0.4) is 0 Å². The Morgan fingerprint density at radius 3 is 1.94 bits per heavy atom. The minimum Gasteiger partial charge on any atom is -0.450 e. The number of likely N-dealkylation sites (N-methyl/N-ethyl adjacent to an activating group) is 4. The molecular weight excluding hydrogens is 1100 g/mol. The van der Waals surface area contributed by atoms with Crippen molar-refractivity contribution in [3.8, 4) is 11.1 Å². The number of esters is 1. The Balaban J connectivity index is 1.44. The van der Waals surface area contributed by atoms with Gasteiger partial charge in [0.25, 0.3) is 5.91 Å². The summed E-state index contributed by atoms with van der Waals surface area (Å²) in [5.74, 6) is -7.00. The van der Waals surface area contributed by atoms with Crippen LogP contribution in [0.25, 0.3) is 11.1 Å². The first-order valence-electron chi connectivity index (χ1n) is 30.3. The number of fused-ring (bicyclic) bond motifs is 1. The number of rotatable bonds is 13. The Morgan fingerprint density at radius 2 is 1.33 bits per heavy atom. The number of aromatic nitrogens is 1. The molecule has 86 heavy (non-hydrogen) atoms. The van der Waals surface area contributed by atoms with Gasteiger partial charge in [-0.1, -0.05) is 103 Å². The maximum atomic E-state index is 15.6. The molecule has 3 saturated heterocycles. The summed E-state index contributed by atoms with van der Waals surface area (Å²) in [7, 11) is 5.54. The summed E-state index contributed by atoms with van der Waals surface area (Å²) in [6.45, 7) is 17.1. The summed E-state index contributed by atoms with van der Waals surface area (Å²) in [5.41, 5.74) is 1.01. The molecule has 4 heterocycles. The minimum atomic E-state index is -1.97. The SMILES string of the molecule is CCC(C)C1NC(=O)C2CCCN2C(=O)C(Cc2cccc(-c3ccc(N4CCOCC4)nc3)c2)N(C)C(=O)C(Cc2ccccc2)NC(=O)CN(C)C(=O)C([C@H](C)CC)OC(=O)C(C(C)(C)O)N(C)C(=O)C(CC(C)C)NC(=O)[C@H](C)N(C)C1=O. The maximum Gasteiger partial charge on any atom is 0.332 e. The normalized spacial score (nSPS) is 25.4. The van der Waals surface area contributed by atoms with E-state index in [0.29, 0.717) is 56.7 Å². The van der Waals surface area contributed by atoms with Crippen LogP contribution in [0.5, 0.6) is 0 Å². The van der Waals surface area contributed by atoms with E-state index in [2.05, 4.69) is 20.9 Å². The molecule has 0 spiro atoms. The second-order valence-corrected chi connectivity index (χ2v) is 24.5. The van der Waals surface area contributed by atoms with Crippen LogP contribution in [0.15, 0.2) is 72.9 Å². The van der Waals surface area contributed by atoms with Crippen LogP contribution in [-0.2, 0) is 65.5 Å². The number of aliphatic hydroxyl groups is 1. The van der Waals surface area contributed by atoms with Gasteiger partial charge in [0.05, 0.1) is 25.4 Å². The Morgan fingerprint density at radius 1 is 0.674 bits per heavy atom. The van der Waals surface area contributed by atoms with E-state index < -0.39 is 126 Å². The lowest BCUT2D eigenvalue weighted by Crippen LogP contribution is -2.62. The molecule has 0 radical (unpaired) electrons. The average molecular weight is 1190 g/mol. The molecule has 10 atom stereocenters. The standard InChI is InChI=1S/C64H92N10O12/c1-14-40(5)53-61(81)70(11)42(7)56(76)67-47(33-39(3)4)59(79)72(13)55(64(8,9)84)63(83)86-54(41(6)15-2)62(82)69(10)38-52(75)66-48(35-43-21-17-16-18-22-43)58(78)71(12)50(60(80)74-28-20-25-49(74)57(77)68-53)36-44-23-19-24-45(34-44)46-26-27-51(65-37-46)73-29-31-85-32-30-73/h16-19,21-24,26-27,34,37,39-42,47-50,53-55,84H,14-15,20,25,28-33,35-36,38H2,1-13H3,(H,66,75)(H,67,76)(H,68,77)/t40?,41-,42+,47?,48?,49?,50?,53?,54?,55?/m1/s1.